The molecule has 0 bridgehead atoms. The summed E-state index contributed by atoms with van der Waals surface area (Å²) in [6.07, 6.45) is 0. The number of hydrogen-bond acceptors (Lipinski definition) is 4. The van der Waals surface area contributed by atoms with E-state index in [0.717, 1.165) is 5.56 Å². The van der Waals surface area contributed by atoms with Gasteiger partial charge in [-0.15, -0.1) is 5.10 Å². The Kier molecular flexibility index (Phi) is 4.54. The molecule has 0 saturated heterocycles. The van der Waals surface area contributed by atoms with Crippen molar-refractivity contribution in [2.45, 2.75) is 20.0 Å². The van der Waals surface area contributed by atoms with Crippen LogP contribution < -0.4 is 5.32 Å². The smallest absolute Gasteiger partial charge is 0.358 e. The van der Waals surface area contributed by atoms with E-state index in [1.54, 1.807) is 19.1 Å². The number of hydrogen-bond donors (Lipinski definition) is 2. The highest BCUT2D eigenvalue weighted by Gasteiger charge is 2.16. The van der Waals surface area contributed by atoms with Gasteiger partial charge >= 0.3 is 5.97 Å². The Balaban J connectivity index is 1.93. The van der Waals surface area contributed by atoms with Gasteiger partial charge in [-0.2, -0.15) is 0 Å². The van der Waals surface area contributed by atoms with Gasteiger partial charge in [-0.05, 0) is 24.6 Å². The molecule has 21 heavy (non-hydrogen) atoms. The molecular weight excluding hydrogens is 296 g/mol. The Morgan fingerprint density at radius 2 is 2.00 bits per heavy atom. The van der Waals surface area contributed by atoms with Crippen LogP contribution in [0.25, 0.3) is 0 Å². The van der Waals surface area contributed by atoms with E-state index in [4.69, 9.17) is 16.7 Å². The van der Waals surface area contributed by atoms with Crippen LogP contribution in [-0.4, -0.2) is 32.0 Å². The minimum absolute atomic E-state index is 0.0836. The Labute approximate surface area is 125 Å². The normalized spacial score (nSPS) is 10.4. The molecule has 0 aliphatic carbocycles. The second-order valence-corrected chi connectivity index (χ2v) is 4.83. The zero-order valence-electron chi connectivity index (χ0n) is 11.2. The summed E-state index contributed by atoms with van der Waals surface area (Å²) >= 11 is 5.77. The van der Waals surface area contributed by atoms with E-state index in [1.165, 1.54) is 4.68 Å². The van der Waals surface area contributed by atoms with Crippen LogP contribution in [0.2, 0.25) is 5.02 Å². The number of carboxylic acid groups (broad SMARTS) is 1. The maximum atomic E-state index is 11.8. The first kappa shape index (κ1) is 15.0. The van der Waals surface area contributed by atoms with E-state index in [9.17, 15) is 9.59 Å². The Bertz CT molecular complexity index is 667. The number of carbonyl (C=O) groups is 2. The van der Waals surface area contributed by atoms with Crippen LogP contribution in [0.15, 0.2) is 24.3 Å². The molecule has 2 rings (SSSR count). The van der Waals surface area contributed by atoms with E-state index in [1.807, 2.05) is 12.1 Å². The molecule has 0 unspecified atom stereocenters. The van der Waals surface area contributed by atoms with E-state index < -0.39 is 5.97 Å². The van der Waals surface area contributed by atoms with Crippen molar-refractivity contribution in [1.29, 1.82) is 0 Å². The second kappa shape index (κ2) is 6.36. The minimum Gasteiger partial charge on any atom is -0.476 e. The highest BCUT2D eigenvalue weighted by atomic mass is 35.5. The van der Waals surface area contributed by atoms with Crippen molar-refractivity contribution in [3.63, 3.8) is 0 Å². The summed E-state index contributed by atoms with van der Waals surface area (Å²) in [6, 6.07) is 7.10. The maximum absolute atomic E-state index is 11.8. The van der Waals surface area contributed by atoms with Gasteiger partial charge in [0.25, 0.3) is 0 Å². The van der Waals surface area contributed by atoms with Gasteiger partial charge in [0.1, 0.15) is 6.54 Å². The van der Waals surface area contributed by atoms with Crippen LogP contribution in [0.3, 0.4) is 0 Å². The lowest BCUT2D eigenvalue weighted by Gasteiger charge is -2.06. The third-order valence-electron chi connectivity index (χ3n) is 2.88. The maximum Gasteiger partial charge on any atom is 0.358 e. The van der Waals surface area contributed by atoms with Gasteiger partial charge < -0.3 is 10.4 Å². The molecule has 0 saturated carbocycles. The predicted molar refractivity (Wildman–Crippen MR) is 75.0 cm³/mol. The molecule has 1 aromatic carbocycles. The largest absolute Gasteiger partial charge is 0.476 e. The minimum atomic E-state index is -1.17. The van der Waals surface area contributed by atoms with E-state index in [-0.39, 0.29) is 18.1 Å². The number of halogens is 1. The zero-order chi connectivity index (χ0) is 15.4. The van der Waals surface area contributed by atoms with E-state index in [0.29, 0.717) is 17.3 Å². The predicted octanol–water partition coefficient (Wildman–Crippen LogP) is 1.25. The molecule has 0 atom stereocenters. The van der Waals surface area contributed by atoms with Crippen molar-refractivity contribution in [3.05, 3.63) is 46.2 Å². The number of carboxylic acids is 1. The van der Waals surface area contributed by atoms with Crippen LogP contribution in [0, 0.1) is 6.92 Å². The second-order valence-electron chi connectivity index (χ2n) is 4.39. The number of rotatable bonds is 5. The van der Waals surface area contributed by atoms with Crippen molar-refractivity contribution >= 4 is 23.5 Å². The standard InChI is InChI=1S/C13H13ClN4O3/c1-8-12(13(20)21)16-17-18(8)7-11(19)15-6-9-2-4-10(14)5-3-9/h2-5H,6-7H2,1H3,(H,15,19)(H,20,21). The van der Waals surface area contributed by atoms with E-state index >= 15 is 0 Å². The third kappa shape index (κ3) is 3.79. The van der Waals surface area contributed by atoms with Crippen molar-refractivity contribution in [3.8, 4) is 0 Å². The van der Waals surface area contributed by atoms with Crippen molar-refractivity contribution in [2.75, 3.05) is 0 Å². The molecule has 0 aliphatic rings. The monoisotopic (exact) mass is 308 g/mol. The van der Waals surface area contributed by atoms with Crippen LogP contribution in [0.4, 0.5) is 0 Å². The fourth-order valence-corrected chi connectivity index (χ4v) is 1.83. The zero-order valence-corrected chi connectivity index (χ0v) is 12.0. The Morgan fingerprint density at radius 3 is 2.57 bits per heavy atom. The van der Waals surface area contributed by atoms with Gasteiger partial charge in [-0.25, -0.2) is 9.48 Å². The van der Waals surface area contributed by atoms with Gasteiger partial charge in [0.15, 0.2) is 5.69 Å². The number of aromatic nitrogens is 3. The molecule has 110 valence electrons. The van der Waals surface area contributed by atoms with Crippen molar-refractivity contribution in [1.82, 2.24) is 20.3 Å². The number of nitrogens with one attached hydrogen (secondary N) is 1. The molecule has 0 spiro atoms. The molecular formula is C13H13ClN4O3. The van der Waals surface area contributed by atoms with Gasteiger partial charge in [-0.1, -0.05) is 28.9 Å². The lowest BCUT2D eigenvalue weighted by atomic mass is 10.2. The molecule has 1 heterocycles. The summed E-state index contributed by atoms with van der Waals surface area (Å²) in [6.45, 7) is 1.82. The number of aromatic carboxylic acids is 1. The molecule has 8 heteroatoms. The van der Waals surface area contributed by atoms with Crippen LogP contribution in [-0.2, 0) is 17.9 Å². The summed E-state index contributed by atoms with van der Waals surface area (Å²) in [7, 11) is 0. The quantitative estimate of drug-likeness (QED) is 0.866. The number of amides is 1. The van der Waals surface area contributed by atoms with Crippen molar-refractivity contribution < 1.29 is 14.7 Å². The van der Waals surface area contributed by atoms with Gasteiger partial charge in [0.2, 0.25) is 5.91 Å². The van der Waals surface area contributed by atoms with Crippen LogP contribution in [0.5, 0.6) is 0 Å². The average Bonchev–Trinajstić information content (AvgIpc) is 2.80. The fourth-order valence-electron chi connectivity index (χ4n) is 1.70. The van der Waals surface area contributed by atoms with Crippen molar-refractivity contribution in [2.24, 2.45) is 0 Å². The SMILES string of the molecule is Cc1c(C(=O)O)nnn1CC(=O)NCc1ccc(Cl)cc1. The molecule has 2 aromatic rings. The number of benzene rings is 1. The van der Waals surface area contributed by atoms with Crippen LogP contribution in [0.1, 0.15) is 21.7 Å². The average molecular weight is 309 g/mol. The molecule has 0 aliphatic heterocycles. The summed E-state index contributed by atoms with van der Waals surface area (Å²) in [5.74, 6) is -1.45. The topological polar surface area (TPSA) is 97.1 Å². The van der Waals surface area contributed by atoms with Gasteiger partial charge in [-0.3, -0.25) is 4.79 Å². The summed E-state index contributed by atoms with van der Waals surface area (Å²) in [4.78, 5) is 22.6. The molecule has 0 fully saturated rings. The molecule has 0 radical (unpaired) electrons. The first-order valence-corrected chi connectivity index (χ1v) is 6.49. The van der Waals surface area contributed by atoms with Crippen LogP contribution >= 0.6 is 11.6 Å². The number of nitrogens with zero attached hydrogens (tertiary/aromatic N) is 3. The first-order valence-electron chi connectivity index (χ1n) is 6.12. The lowest BCUT2D eigenvalue weighted by Crippen LogP contribution is -2.28. The molecule has 2 N–H and O–H groups in total. The third-order valence-corrected chi connectivity index (χ3v) is 3.13. The Hall–Kier alpha value is -2.41. The number of carbonyl (C=O) groups excluding carboxylic acids is 1. The lowest BCUT2D eigenvalue weighted by molar-refractivity contribution is -0.122. The fraction of sp³-hybridized carbons (Fsp3) is 0.231. The molecule has 7 nitrogen and oxygen atoms in total. The first-order chi connectivity index (χ1) is 9.97. The summed E-state index contributed by atoms with van der Waals surface area (Å²) in [5, 5.41) is 19.4. The van der Waals surface area contributed by atoms with E-state index in [2.05, 4.69) is 15.6 Å². The highest BCUT2D eigenvalue weighted by Crippen LogP contribution is 2.09. The van der Waals surface area contributed by atoms with Gasteiger partial charge in [0, 0.05) is 11.6 Å². The summed E-state index contributed by atoms with van der Waals surface area (Å²) in [5.41, 5.74) is 1.10. The Morgan fingerprint density at radius 1 is 1.33 bits per heavy atom. The molecule has 1 amide bonds. The summed E-state index contributed by atoms with van der Waals surface area (Å²) < 4.78 is 1.25. The van der Waals surface area contributed by atoms with Gasteiger partial charge in [0.05, 0.1) is 5.69 Å². The highest BCUT2D eigenvalue weighted by molar-refractivity contribution is 6.30. The molecule has 1 aromatic heterocycles.